The molecule has 0 heterocycles. The summed E-state index contributed by atoms with van der Waals surface area (Å²) in [5.41, 5.74) is 1.29. The molecule has 0 saturated heterocycles. The second-order valence-electron chi connectivity index (χ2n) is 6.02. The second kappa shape index (κ2) is 10.7. The van der Waals surface area contributed by atoms with Crippen molar-refractivity contribution in [1.82, 2.24) is 0 Å². The van der Waals surface area contributed by atoms with Crippen LogP contribution in [0.5, 0.6) is 11.5 Å². The maximum absolute atomic E-state index is 12.9. The van der Waals surface area contributed by atoms with Crippen molar-refractivity contribution in [1.29, 1.82) is 0 Å². The van der Waals surface area contributed by atoms with E-state index in [0.717, 1.165) is 5.56 Å². The molecule has 3 rings (SSSR count). The third kappa shape index (κ3) is 7.42. The maximum Gasteiger partial charge on any atom is 1.00 e. The molecule has 0 aliphatic heterocycles. The fourth-order valence-corrected chi connectivity index (χ4v) is 3.31. The Hall–Kier alpha value is -1.95. The summed E-state index contributed by atoms with van der Waals surface area (Å²) < 4.78 is 34.7. The number of aryl methyl sites for hydroxylation is 1. The monoisotopic (exact) mass is 422 g/mol. The van der Waals surface area contributed by atoms with Crippen LogP contribution in [0.1, 0.15) is 22.3 Å². The number of ketones is 1. The summed E-state index contributed by atoms with van der Waals surface area (Å²) in [5.74, 6) is -0.209. The Morgan fingerprint density at radius 3 is 2.00 bits per heavy atom. The van der Waals surface area contributed by atoms with Gasteiger partial charge in [-0.05, 0) is 60.5 Å². The summed E-state index contributed by atoms with van der Waals surface area (Å²) in [6.07, 6.45) is 0.717. The molecule has 144 valence electrons. The van der Waals surface area contributed by atoms with Crippen LogP contribution in [0.15, 0.2) is 78.9 Å². The van der Waals surface area contributed by atoms with E-state index in [1.54, 1.807) is 30.3 Å². The predicted molar refractivity (Wildman–Crippen MR) is 101 cm³/mol. The van der Waals surface area contributed by atoms with Crippen LogP contribution in [0.3, 0.4) is 0 Å². The Balaban J connectivity index is 0.00000300. The predicted octanol–water partition coefficient (Wildman–Crippen LogP) is 1.57. The minimum Gasteiger partial charge on any atom is -0.736 e. The van der Waals surface area contributed by atoms with Crippen LogP contribution in [-0.4, -0.2) is 5.78 Å². The van der Waals surface area contributed by atoms with Gasteiger partial charge in [-0.2, -0.15) is 0 Å². The molecule has 0 spiro atoms. The Bertz CT molecular complexity index is 978. The average Bonchev–Trinajstić information content (AvgIpc) is 2.68. The van der Waals surface area contributed by atoms with E-state index in [2.05, 4.69) is 0 Å². The van der Waals surface area contributed by atoms with Gasteiger partial charge in [-0.25, -0.2) is 8.96 Å². The van der Waals surface area contributed by atoms with Crippen molar-refractivity contribution in [2.24, 2.45) is 0 Å². The third-order valence-corrected chi connectivity index (χ3v) is 4.78. The molecule has 0 amide bonds. The van der Waals surface area contributed by atoms with E-state index in [9.17, 15) is 18.6 Å². The minimum atomic E-state index is -4.56. The van der Waals surface area contributed by atoms with Crippen molar-refractivity contribution in [2.45, 2.75) is 12.8 Å². The van der Waals surface area contributed by atoms with Gasteiger partial charge in [-0.15, -0.1) is 0 Å². The molecule has 0 radical (unpaired) electrons. The molecule has 3 aromatic rings. The molecule has 0 aliphatic carbocycles. The first-order valence-corrected chi connectivity index (χ1v) is 10.0. The first-order valence-electron chi connectivity index (χ1n) is 8.54. The molecule has 1 atom stereocenters. The molecule has 0 aliphatic rings. The smallest absolute Gasteiger partial charge is 0.736 e. The van der Waals surface area contributed by atoms with Gasteiger partial charge >= 0.3 is 37.4 Å². The average molecular weight is 422 g/mol. The number of phosphoric ester groups is 1. The van der Waals surface area contributed by atoms with Gasteiger partial charge < -0.3 is 13.9 Å². The molecule has 29 heavy (non-hydrogen) atoms. The Kier molecular flexibility index (Phi) is 8.62. The summed E-state index contributed by atoms with van der Waals surface area (Å²) in [5, 5.41) is 0. The van der Waals surface area contributed by atoms with Crippen molar-refractivity contribution in [2.75, 3.05) is 0 Å². The Morgan fingerprint density at radius 1 is 0.862 bits per heavy atom. The largest absolute Gasteiger partial charge is 1.00 e. The number of para-hydroxylation sites is 1. The molecule has 8 heteroatoms. The normalized spacial score (nSPS) is 12.3. The van der Waals surface area contributed by atoms with E-state index in [4.69, 9.17) is 9.05 Å². The Labute approximate surface area is 190 Å². The fraction of sp³-hybridized carbons (Fsp3) is 0.0952. The van der Waals surface area contributed by atoms with Gasteiger partial charge in [-0.1, -0.05) is 30.3 Å². The molecule has 0 saturated carbocycles. The molecular formula is C21H17FNaO5P. The zero-order chi connectivity index (χ0) is 20.0. The molecule has 5 nitrogen and oxygen atoms in total. The van der Waals surface area contributed by atoms with E-state index in [1.165, 1.54) is 48.5 Å². The fourth-order valence-electron chi connectivity index (χ4n) is 2.51. The quantitative estimate of drug-likeness (QED) is 0.313. The van der Waals surface area contributed by atoms with Crippen molar-refractivity contribution in [3.63, 3.8) is 0 Å². The molecular weight excluding hydrogens is 405 g/mol. The van der Waals surface area contributed by atoms with Gasteiger partial charge in [-0.3, -0.25) is 4.79 Å². The van der Waals surface area contributed by atoms with E-state index in [1.807, 2.05) is 0 Å². The molecule has 0 N–H and O–H groups in total. The number of carbonyl (C=O) groups excluding carboxylic acids is 1. The number of Topliss-reactive ketones (excluding diaryl/α,β-unsaturated/α-hetero) is 1. The van der Waals surface area contributed by atoms with Crippen LogP contribution in [0, 0.1) is 5.82 Å². The number of hydrogen-bond donors (Lipinski definition) is 0. The minimum absolute atomic E-state index is 0. The molecule has 0 bridgehead atoms. The Morgan fingerprint density at radius 2 is 1.41 bits per heavy atom. The van der Waals surface area contributed by atoms with Gasteiger partial charge in [0.15, 0.2) is 5.78 Å². The number of halogens is 1. The number of rotatable bonds is 8. The summed E-state index contributed by atoms with van der Waals surface area (Å²) in [7, 11) is -4.56. The van der Waals surface area contributed by atoms with Gasteiger partial charge in [0.25, 0.3) is 0 Å². The van der Waals surface area contributed by atoms with Crippen molar-refractivity contribution >= 4 is 13.6 Å². The number of benzene rings is 3. The first-order chi connectivity index (χ1) is 13.4. The van der Waals surface area contributed by atoms with Gasteiger partial charge in [0, 0.05) is 12.0 Å². The summed E-state index contributed by atoms with van der Waals surface area (Å²) >= 11 is 0. The van der Waals surface area contributed by atoms with Crippen molar-refractivity contribution in [3.8, 4) is 11.5 Å². The number of hydrogen-bond acceptors (Lipinski definition) is 5. The molecule has 3 aromatic carbocycles. The summed E-state index contributed by atoms with van der Waals surface area (Å²) in [6, 6.07) is 19.8. The standard InChI is InChI=1S/C21H18FO5P.Na/c22-18-11-9-17(10-12-18)21(23)15-8-16-6-13-20(14-7-16)27-28(24,25)26-19-4-2-1-3-5-19;/h1-7,9-14H,8,15H2,(H,24,25);/q;+1/p-1. The topological polar surface area (TPSA) is 75.7 Å². The summed E-state index contributed by atoms with van der Waals surface area (Å²) in [6.45, 7) is 0. The van der Waals surface area contributed by atoms with Crippen LogP contribution in [-0.2, 0) is 11.0 Å². The SMILES string of the molecule is O=C(CCc1ccc(OP(=O)([O-])Oc2ccccc2)cc1)c1ccc(F)cc1.[Na+]. The van der Waals surface area contributed by atoms with Crippen LogP contribution in [0.4, 0.5) is 4.39 Å². The molecule has 1 unspecified atom stereocenters. The van der Waals surface area contributed by atoms with Gasteiger partial charge in [0.1, 0.15) is 17.3 Å². The van der Waals surface area contributed by atoms with Crippen molar-refractivity contribution in [3.05, 3.63) is 95.8 Å². The zero-order valence-electron chi connectivity index (χ0n) is 15.8. The summed E-state index contributed by atoms with van der Waals surface area (Å²) in [4.78, 5) is 24.1. The van der Waals surface area contributed by atoms with Crippen molar-refractivity contribution < 1.29 is 57.2 Å². The van der Waals surface area contributed by atoms with E-state index < -0.39 is 7.82 Å². The maximum atomic E-state index is 12.9. The van der Waals surface area contributed by atoms with Crippen LogP contribution in [0.25, 0.3) is 0 Å². The van der Waals surface area contributed by atoms with E-state index in [0.29, 0.717) is 12.0 Å². The number of phosphoric acid groups is 1. The second-order valence-corrected chi connectivity index (χ2v) is 7.28. The van der Waals surface area contributed by atoms with E-state index in [-0.39, 0.29) is 59.1 Å². The van der Waals surface area contributed by atoms with E-state index >= 15 is 0 Å². The molecule has 0 fully saturated rings. The van der Waals surface area contributed by atoms with Gasteiger partial charge in [0.05, 0.1) is 0 Å². The van der Waals surface area contributed by atoms with Crippen LogP contribution >= 0.6 is 7.82 Å². The first kappa shape index (κ1) is 23.3. The molecule has 0 aromatic heterocycles. The third-order valence-electron chi connectivity index (χ3n) is 3.91. The van der Waals surface area contributed by atoms with Gasteiger partial charge in [0.2, 0.25) is 0 Å². The van der Waals surface area contributed by atoms with Crippen LogP contribution in [0.2, 0.25) is 0 Å². The number of carbonyl (C=O) groups is 1. The van der Waals surface area contributed by atoms with Crippen LogP contribution < -0.4 is 43.5 Å². The zero-order valence-corrected chi connectivity index (χ0v) is 18.7.